The van der Waals surface area contributed by atoms with Crippen LogP contribution in [0.3, 0.4) is 0 Å². The molecule has 9 atom stereocenters. The number of hydrogen-bond acceptors (Lipinski definition) is 21. The molecule has 0 saturated carbocycles. The Bertz CT molecular complexity index is 2870. The number of halogens is 1. The second-order valence-corrected chi connectivity index (χ2v) is 18.7. The van der Waals surface area contributed by atoms with Gasteiger partial charge in [0.25, 0.3) is 0 Å². The van der Waals surface area contributed by atoms with E-state index >= 15 is 0 Å². The first-order valence-corrected chi connectivity index (χ1v) is 23.6. The van der Waals surface area contributed by atoms with Crippen LogP contribution in [0, 0.1) is 5.82 Å². The third kappa shape index (κ3) is 12.5. The second-order valence-electron chi connectivity index (χ2n) is 16.1. The fourth-order valence-electron chi connectivity index (χ4n) is 7.08. The van der Waals surface area contributed by atoms with Crippen LogP contribution in [0.25, 0.3) is 11.2 Å². The molecule has 11 N–H and O–H groups in total. The molecule has 28 nitrogen and oxygen atoms in total. The highest BCUT2D eigenvalue weighted by Crippen LogP contribution is 2.50. The van der Waals surface area contributed by atoms with Gasteiger partial charge in [-0.3, -0.25) is 27.5 Å². The Kier molecular flexibility index (Phi) is 15.4. The van der Waals surface area contributed by atoms with Crippen molar-refractivity contribution < 1.29 is 85.3 Å². The number of carbonyl (C=O) groups is 3. The Morgan fingerprint density at radius 1 is 0.857 bits per heavy atom. The number of phosphoric ester groups is 2. The first-order valence-electron chi connectivity index (χ1n) is 20.6. The number of rotatable bonds is 18. The van der Waals surface area contributed by atoms with Crippen molar-refractivity contribution in [3.8, 4) is 0 Å². The van der Waals surface area contributed by atoms with Crippen LogP contribution in [-0.4, -0.2) is 127 Å². The summed E-state index contributed by atoms with van der Waals surface area (Å²) in [4.78, 5) is 97.0. The monoisotopic (exact) mass is 1020 g/mol. The van der Waals surface area contributed by atoms with Crippen molar-refractivity contribution >= 4 is 62.1 Å². The van der Waals surface area contributed by atoms with Crippen LogP contribution in [0.2, 0.25) is 0 Å². The molecule has 2 aliphatic rings. The first kappa shape index (κ1) is 51.5. The Balaban J connectivity index is 1.01. The van der Waals surface area contributed by atoms with Crippen molar-refractivity contribution in [2.75, 3.05) is 30.0 Å². The predicted octanol–water partition coefficient (Wildman–Crippen LogP) is 0.313. The lowest BCUT2D eigenvalue weighted by Gasteiger charge is -2.28. The number of benzene rings is 2. The lowest BCUT2D eigenvalue weighted by molar-refractivity contribution is -0.163. The summed E-state index contributed by atoms with van der Waals surface area (Å²) in [6.45, 7) is 0.138. The number of fused-ring (bicyclic) bond motifs is 1. The molecule has 1 unspecified atom stereocenters. The minimum atomic E-state index is -5.46. The van der Waals surface area contributed by atoms with Gasteiger partial charge in [0.05, 0.1) is 26.0 Å². The highest BCUT2D eigenvalue weighted by molar-refractivity contribution is 7.47. The summed E-state index contributed by atoms with van der Waals surface area (Å²) in [5.74, 6) is -2.20. The fourth-order valence-corrected chi connectivity index (χ4v) is 8.39. The maximum Gasteiger partial charge on any atom is 0.472 e. The average molecular weight is 1020 g/mol. The van der Waals surface area contributed by atoms with Gasteiger partial charge < -0.3 is 65.9 Å². The molecule has 5 heterocycles. The zero-order valence-electron chi connectivity index (χ0n) is 36.5. The number of nitrogen functional groups attached to an aromatic ring is 2. The topological polar surface area (TPSA) is 406 Å². The van der Waals surface area contributed by atoms with Gasteiger partial charge >= 0.3 is 33.4 Å². The first-order chi connectivity index (χ1) is 33.0. The number of aromatic nitrogens is 6. The van der Waals surface area contributed by atoms with Gasteiger partial charge in [0, 0.05) is 11.9 Å². The van der Waals surface area contributed by atoms with Crippen LogP contribution in [0.15, 0.2) is 78.2 Å². The van der Waals surface area contributed by atoms with Crippen molar-refractivity contribution in [1.29, 1.82) is 0 Å². The van der Waals surface area contributed by atoms with E-state index in [4.69, 9.17) is 39.5 Å². The highest BCUT2D eigenvalue weighted by atomic mass is 31.2. The number of alkyl carbamates (subject to hydrolysis) is 1. The molecular formula is C39H45FN10O18P2. The summed E-state index contributed by atoms with van der Waals surface area (Å²) in [6, 6.07) is 12.9. The molecule has 70 heavy (non-hydrogen) atoms. The molecule has 0 spiro atoms. The summed E-state index contributed by atoms with van der Waals surface area (Å²) in [6.07, 6.45) is -12.0. The van der Waals surface area contributed by atoms with Crippen LogP contribution < -0.4 is 27.8 Å². The number of ether oxygens (including phenoxy) is 4. The van der Waals surface area contributed by atoms with Crippen LogP contribution >= 0.6 is 15.6 Å². The summed E-state index contributed by atoms with van der Waals surface area (Å²) in [7, 11) is -10.7. The minimum absolute atomic E-state index is 0.00214. The van der Waals surface area contributed by atoms with E-state index in [2.05, 4.69) is 35.1 Å². The zero-order chi connectivity index (χ0) is 50.7. The van der Waals surface area contributed by atoms with Gasteiger partial charge in [-0.15, -0.1) is 0 Å². The smallest absolute Gasteiger partial charge is 0.455 e. The molecule has 7 rings (SSSR count). The van der Waals surface area contributed by atoms with Crippen LogP contribution in [0.4, 0.5) is 26.5 Å². The van der Waals surface area contributed by atoms with Crippen molar-refractivity contribution in [3.63, 3.8) is 0 Å². The standard InChI is InChI=1S/C39H45FN10O18P2/c1-39(2,48-38(56)62-14-20-5-9-22(10-6-20)46-26(51)13-19-3-7-21(40)8-4-19)36(54)67-30-23(65-35(28(30)52)50-18-45-27-32(42)43-17-44-33(27)50)16-64-70(60,61)68-31-24(15-63-69(57,58)59)66-34(29(31)53)49-12-11-25(41)47-37(49)55/h3-12,17-18,23-24,28-31,34-35,52-53H,13-16H2,1-2H3,(H,46,51)(H,48,56)(H,60,61)(H2,41,47,55)(H2,42,43,44)(H2,57,58,59)/t23-,24-,28-,29-,30-,31-,34-,35-/m1/s1. The van der Waals surface area contributed by atoms with Gasteiger partial charge in [-0.2, -0.15) is 4.98 Å². The summed E-state index contributed by atoms with van der Waals surface area (Å²) in [5.41, 5.74) is 10.2. The normalized spacial score (nSPS) is 23.4. The number of aliphatic hydroxyl groups is 2. The molecule has 376 valence electrons. The number of aliphatic hydroxyl groups excluding tert-OH is 2. The third-order valence-electron chi connectivity index (χ3n) is 10.5. The summed E-state index contributed by atoms with van der Waals surface area (Å²) >= 11 is 0. The molecule has 2 aromatic carbocycles. The van der Waals surface area contributed by atoms with Crippen LogP contribution in [0.5, 0.6) is 0 Å². The quantitative estimate of drug-likeness (QED) is 0.0421. The highest BCUT2D eigenvalue weighted by Gasteiger charge is 2.53. The van der Waals surface area contributed by atoms with E-state index < -0.39 is 107 Å². The van der Waals surface area contributed by atoms with E-state index in [0.29, 0.717) is 16.8 Å². The number of amides is 2. The van der Waals surface area contributed by atoms with E-state index in [1.54, 1.807) is 24.3 Å². The lowest BCUT2D eigenvalue weighted by atomic mass is 10.1. The molecule has 0 bridgehead atoms. The fraction of sp³-hybridized carbons (Fsp3) is 0.385. The number of carbonyl (C=O) groups excluding carboxylic acids is 3. The number of esters is 1. The Morgan fingerprint density at radius 2 is 1.49 bits per heavy atom. The Labute approximate surface area is 393 Å². The van der Waals surface area contributed by atoms with Gasteiger partial charge in [-0.25, -0.2) is 42.9 Å². The van der Waals surface area contributed by atoms with Crippen molar-refractivity contribution in [1.82, 2.24) is 34.4 Å². The Hall–Kier alpha value is -6.33. The van der Waals surface area contributed by atoms with E-state index in [9.17, 15) is 57.6 Å². The van der Waals surface area contributed by atoms with E-state index in [1.165, 1.54) is 49.0 Å². The predicted molar refractivity (Wildman–Crippen MR) is 234 cm³/mol. The molecule has 0 aliphatic carbocycles. The van der Waals surface area contributed by atoms with Crippen molar-refractivity contribution in [2.24, 2.45) is 0 Å². The maximum atomic E-state index is 13.8. The van der Waals surface area contributed by atoms with Crippen LogP contribution in [0.1, 0.15) is 37.4 Å². The van der Waals surface area contributed by atoms with E-state index in [1.807, 2.05) is 0 Å². The maximum absolute atomic E-state index is 13.8. The molecule has 5 aromatic rings. The van der Waals surface area contributed by atoms with Crippen LogP contribution in [-0.2, 0) is 64.3 Å². The number of nitrogens with one attached hydrogen (secondary N) is 2. The number of anilines is 3. The average Bonchev–Trinajstić information content (AvgIpc) is 3.95. The van der Waals surface area contributed by atoms with E-state index in [-0.39, 0.29) is 41.7 Å². The molecule has 3 aromatic heterocycles. The SMILES string of the molecule is CC(C)(NC(=O)OCc1ccc(NC(=O)Cc2ccc(F)cc2)cc1)C(=O)O[C@H]1[C@@H](O)[C@H](n2cnc3c(N)ncnc32)O[C@@H]1COP(=O)(O)O[C@H]1[C@@H](O)[C@H](n2ccc(N)nc2=O)O[C@@H]1COP(=O)(O)O. The van der Waals surface area contributed by atoms with E-state index in [0.717, 1.165) is 23.2 Å². The largest absolute Gasteiger partial charge is 0.472 e. The summed E-state index contributed by atoms with van der Waals surface area (Å²) < 4.78 is 77.7. The molecular weight excluding hydrogens is 977 g/mol. The number of imidazole rings is 1. The van der Waals surface area contributed by atoms with Gasteiger partial charge in [0.2, 0.25) is 5.91 Å². The number of nitrogens with zero attached hydrogens (tertiary/aromatic N) is 6. The van der Waals surface area contributed by atoms with Gasteiger partial charge in [-0.05, 0) is 55.3 Å². The molecule has 2 saturated heterocycles. The zero-order valence-corrected chi connectivity index (χ0v) is 38.3. The molecule has 31 heteroatoms. The summed E-state index contributed by atoms with van der Waals surface area (Å²) in [5, 5.41) is 27.9. The minimum Gasteiger partial charge on any atom is -0.455 e. The van der Waals surface area contributed by atoms with Crippen molar-refractivity contribution in [2.45, 2.75) is 81.5 Å². The second kappa shape index (κ2) is 20.9. The molecule has 2 aliphatic heterocycles. The van der Waals surface area contributed by atoms with Crippen molar-refractivity contribution in [3.05, 3.63) is 101 Å². The van der Waals surface area contributed by atoms with Gasteiger partial charge in [-0.1, -0.05) is 24.3 Å². The number of phosphoric acid groups is 2. The Morgan fingerprint density at radius 3 is 2.16 bits per heavy atom. The number of hydrogen-bond donors (Lipinski definition) is 9. The molecule has 0 radical (unpaired) electrons. The third-order valence-corrected chi connectivity index (χ3v) is 12.0. The lowest BCUT2D eigenvalue weighted by Crippen LogP contribution is -2.53. The molecule has 2 amide bonds. The van der Waals surface area contributed by atoms with Gasteiger partial charge in [0.15, 0.2) is 30.0 Å². The molecule has 2 fully saturated rings. The van der Waals surface area contributed by atoms with Gasteiger partial charge in [0.1, 0.15) is 66.1 Å². The number of nitrogens with two attached hydrogens (primary N) is 2.